The lowest BCUT2D eigenvalue weighted by Gasteiger charge is -2.30. The van der Waals surface area contributed by atoms with E-state index in [4.69, 9.17) is 16.3 Å². The third-order valence-electron chi connectivity index (χ3n) is 3.79. The summed E-state index contributed by atoms with van der Waals surface area (Å²) >= 11 is 5.82. The SMILES string of the molecule is O=C(c1ccc(Cl)cc1)c1ccc(OCC(=O)N2CCC2)cc1. The second kappa shape index (κ2) is 6.84. The van der Waals surface area contributed by atoms with Gasteiger partial charge in [0.15, 0.2) is 12.4 Å². The summed E-state index contributed by atoms with van der Waals surface area (Å²) in [6.45, 7) is 1.66. The summed E-state index contributed by atoms with van der Waals surface area (Å²) in [5.41, 5.74) is 1.14. The molecule has 2 aromatic rings. The maximum atomic E-state index is 12.3. The number of benzene rings is 2. The van der Waals surface area contributed by atoms with Crippen LogP contribution in [0.1, 0.15) is 22.3 Å². The fourth-order valence-electron chi connectivity index (χ4n) is 2.27. The Morgan fingerprint density at radius 2 is 1.52 bits per heavy atom. The molecule has 1 saturated heterocycles. The fourth-order valence-corrected chi connectivity index (χ4v) is 2.40. The predicted molar refractivity (Wildman–Crippen MR) is 88.0 cm³/mol. The van der Waals surface area contributed by atoms with E-state index in [1.165, 1.54) is 0 Å². The van der Waals surface area contributed by atoms with Crippen molar-refractivity contribution in [1.82, 2.24) is 4.90 Å². The minimum absolute atomic E-state index is 0.00225. The lowest BCUT2D eigenvalue weighted by Crippen LogP contribution is -2.44. The summed E-state index contributed by atoms with van der Waals surface area (Å²) in [5, 5.41) is 0.595. The third-order valence-corrected chi connectivity index (χ3v) is 4.05. The number of likely N-dealkylation sites (tertiary alicyclic amines) is 1. The van der Waals surface area contributed by atoms with Gasteiger partial charge in [0.05, 0.1) is 0 Å². The Morgan fingerprint density at radius 3 is 2.04 bits per heavy atom. The van der Waals surface area contributed by atoms with Gasteiger partial charge < -0.3 is 9.64 Å². The van der Waals surface area contributed by atoms with E-state index in [9.17, 15) is 9.59 Å². The summed E-state index contributed by atoms with van der Waals surface area (Å²) in [7, 11) is 0. The number of ether oxygens (including phenoxy) is 1. The van der Waals surface area contributed by atoms with Gasteiger partial charge in [-0.05, 0) is 55.0 Å². The Labute approximate surface area is 139 Å². The van der Waals surface area contributed by atoms with Crippen LogP contribution in [0.25, 0.3) is 0 Å². The molecule has 4 nitrogen and oxygen atoms in total. The van der Waals surface area contributed by atoms with Crippen molar-refractivity contribution in [2.24, 2.45) is 0 Å². The van der Waals surface area contributed by atoms with Gasteiger partial charge in [-0.1, -0.05) is 11.6 Å². The summed E-state index contributed by atoms with van der Waals surface area (Å²) in [4.78, 5) is 25.8. The van der Waals surface area contributed by atoms with Gasteiger partial charge in [-0.15, -0.1) is 0 Å². The van der Waals surface area contributed by atoms with Crippen LogP contribution < -0.4 is 4.74 Å². The summed E-state index contributed by atoms with van der Waals surface area (Å²) in [6, 6.07) is 13.6. The van der Waals surface area contributed by atoms with Crippen molar-refractivity contribution in [1.29, 1.82) is 0 Å². The Morgan fingerprint density at radius 1 is 0.957 bits per heavy atom. The molecule has 0 aromatic heterocycles. The van der Waals surface area contributed by atoms with Gasteiger partial charge in [-0.3, -0.25) is 9.59 Å². The lowest BCUT2D eigenvalue weighted by molar-refractivity contribution is -0.136. The molecule has 1 heterocycles. The smallest absolute Gasteiger partial charge is 0.260 e. The molecule has 0 aliphatic carbocycles. The summed E-state index contributed by atoms with van der Waals surface area (Å²) in [5.74, 6) is 0.494. The molecule has 2 aromatic carbocycles. The normalized spacial score (nSPS) is 13.3. The number of rotatable bonds is 5. The number of carbonyl (C=O) groups is 2. The molecule has 1 fully saturated rings. The Hall–Kier alpha value is -2.33. The standard InChI is InChI=1S/C18H16ClNO3/c19-15-6-2-13(3-7-15)18(22)14-4-8-16(9-5-14)23-12-17(21)20-10-1-11-20/h2-9H,1,10-12H2. The van der Waals surface area contributed by atoms with Crippen molar-refractivity contribution in [3.8, 4) is 5.75 Å². The zero-order chi connectivity index (χ0) is 16.2. The van der Waals surface area contributed by atoms with Crippen LogP contribution in [0, 0.1) is 0 Å². The fraction of sp³-hybridized carbons (Fsp3) is 0.222. The van der Waals surface area contributed by atoms with E-state index in [0.29, 0.717) is 21.9 Å². The molecule has 5 heteroatoms. The van der Waals surface area contributed by atoms with Crippen LogP contribution in [0.5, 0.6) is 5.75 Å². The quantitative estimate of drug-likeness (QED) is 0.791. The number of nitrogens with zero attached hydrogens (tertiary/aromatic N) is 1. The molecule has 0 unspecified atom stereocenters. The van der Waals surface area contributed by atoms with Gasteiger partial charge in [-0.25, -0.2) is 0 Å². The number of hydrogen-bond donors (Lipinski definition) is 0. The molecule has 0 saturated carbocycles. The van der Waals surface area contributed by atoms with Gasteiger partial charge in [0.2, 0.25) is 0 Å². The molecule has 0 radical (unpaired) electrons. The van der Waals surface area contributed by atoms with Crippen LogP contribution in [0.2, 0.25) is 5.02 Å². The lowest BCUT2D eigenvalue weighted by atomic mass is 10.0. The average Bonchev–Trinajstić information content (AvgIpc) is 2.52. The van der Waals surface area contributed by atoms with E-state index in [1.807, 2.05) is 0 Å². The highest BCUT2D eigenvalue weighted by atomic mass is 35.5. The van der Waals surface area contributed by atoms with Gasteiger partial charge >= 0.3 is 0 Å². The van der Waals surface area contributed by atoms with E-state index in [0.717, 1.165) is 19.5 Å². The highest BCUT2D eigenvalue weighted by Crippen LogP contribution is 2.17. The first-order valence-corrected chi connectivity index (χ1v) is 7.82. The minimum atomic E-state index is -0.0788. The molecule has 1 aliphatic heterocycles. The van der Waals surface area contributed by atoms with Gasteiger partial charge in [0.25, 0.3) is 5.91 Å². The molecule has 1 aliphatic rings. The van der Waals surface area contributed by atoms with Crippen molar-refractivity contribution >= 4 is 23.3 Å². The van der Waals surface area contributed by atoms with Crippen LogP contribution in [0.15, 0.2) is 48.5 Å². The zero-order valence-electron chi connectivity index (χ0n) is 12.5. The Balaban J connectivity index is 1.61. The van der Waals surface area contributed by atoms with Crippen LogP contribution in [0.3, 0.4) is 0 Å². The van der Waals surface area contributed by atoms with E-state index in [2.05, 4.69) is 0 Å². The van der Waals surface area contributed by atoms with Crippen LogP contribution >= 0.6 is 11.6 Å². The van der Waals surface area contributed by atoms with Crippen LogP contribution in [-0.4, -0.2) is 36.3 Å². The number of halogens is 1. The summed E-state index contributed by atoms with van der Waals surface area (Å²) < 4.78 is 5.46. The number of carbonyl (C=O) groups excluding carboxylic acids is 2. The van der Waals surface area contributed by atoms with Crippen molar-refractivity contribution < 1.29 is 14.3 Å². The Bertz CT molecular complexity index is 706. The van der Waals surface area contributed by atoms with E-state index < -0.39 is 0 Å². The highest BCUT2D eigenvalue weighted by molar-refractivity contribution is 6.30. The molecule has 1 amide bonds. The topological polar surface area (TPSA) is 46.6 Å². The van der Waals surface area contributed by atoms with Crippen molar-refractivity contribution in [2.75, 3.05) is 19.7 Å². The van der Waals surface area contributed by atoms with Crippen LogP contribution in [-0.2, 0) is 4.79 Å². The first kappa shape index (κ1) is 15.6. The van der Waals surface area contributed by atoms with Crippen LogP contribution in [0.4, 0.5) is 0 Å². The number of ketones is 1. The van der Waals surface area contributed by atoms with Gasteiger partial charge in [-0.2, -0.15) is 0 Å². The highest BCUT2D eigenvalue weighted by Gasteiger charge is 2.20. The number of amides is 1. The summed E-state index contributed by atoms with van der Waals surface area (Å²) in [6.07, 6.45) is 1.06. The van der Waals surface area contributed by atoms with Crippen molar-refractivity contribution in [3.05, 3.63) is 64.7 Å². The van der Waals surface area contributed by atoms with Crippen molar-refractivity contribution in [2.45, 2.75) is 6.42 Å². The monoisotopic (exact) mass is 329 g/mol. The molecule has 3 rings (SSSR count). The van der Waals surface area contributed by atoms with E-state index in [-0.39, 0.29) is 18.3 Å². The molecular weight excluding hydrogens is 314 g/mol. The van der Waals surface area contributed by atoms with E-state index >= 15 is 0 Å². The average molecular weight is 330 g/mol. The second-order valence-corrected chi connectivity index (χ2v) is 5.82. The van der Waals surface area contributed by atoms with E-state index in [1.54, 1.807) is 53.4 Å². The van der Waals surface area contributed by atoms with Gasteiger partial charge in [0.1, 0.15) is 5.75 Å². The third kappa shape index (κ3) is 3.71. The maximum absolute atomic E-state index is 12.3. The molecule has 0 bridgehead atoms. The molecule has 118 valence electrons. The molecule has 0 N–H and O–H groups in total. The zero-order valence-corrected chi connectivity index (χ0v) is 13.3. The first-order valence-electron chi connectivity index (χ1n) is 7.44. The number of hydrogen-bond acceptors (Lipinski definition) is 3. The minimum Gasteiger partial charge on any atom is -0.484 e. The largest absolute Gasteiger partial charge is 0.484 e. The maximum Gasteiger partial charge on any atom is 0.260 e. The predicted octanol–water partition coefficient (Wildman–Crippen LogP) is 3.18. The second-order valence-electron chi connectivity index (χ2n) is 5.38. The Kier molecular flexibility index (Phi) is 4.63. The molecule has 0 atom stereocenters. The van der Waals surface area contributed by atoms with Crippen molar-refractivity contribution in [3.63, 3.8) is 0 Å². The first-order chi connectivity index (χ1) is 11.1. The van der Waals surface area contributed by atoms with Gasteiger partial charge in [0, 0.05) is 29.2 Å². The molecule has 23 heavy (non-hydrogen) atoms. The molecule has 0 spiro atoms. The molecular formula is C18H16ClNO3.